The maximum Gasteiger partial charge on any atom is -0.00187 e. The molecule has 0 bridgehead atoms. The van der Waals surface area contributed by atoms with Gasteiger partial charge in [-0.05, 0) is 50.7 Å². The van der Waals surface area contributed by atoms with Crippen molar-refractivity contribution in [1.82, 2.24) is 4.90 Å². The highest BCUT2D eigenvalue weighted by molar-refractivity contribution is 4.61. The van der Waals surface area contributed by atoms with E-state index in [1.165, 1.54) is 167 Å². The first-order chi connectivity index (χ1) is 16.6. The van der Waals surface area contributed by atoms with Gasteiger partial charge in [0.1, 0.15) is 0 Å². The average Bonchev–Trinajstić information content (AvgIpc) is 2.80. The fraction of sp³-hybridized carbons (Fsp3) is 1.00. The summed E-state index contributed by atoms with van der Waals surface area (Å²) < 4.78 is 0. The normalized spacial score (nSPS) is 12.0. The second-order valence-corrected chi connectivity index (χ2v) is 12.3. The highest BCUT2D eigenvalue weighted by Gasteiger charge is 2.05. The molecule has 0 aromatic heterocycles. The average molecular weight is 480 g/mol. The summed E-state index contributed by atoms with van der Waals surface area (Å²) in [6.07, 6.45) is 33.3. The van der Waals surface area contributed by atoms with Crippen molar-refractivity contribution >= 4 is 0 Å². The van der Waals surface area contributed by atoms with Gasteiger partial charge in [0.05, 0.1) is 0 Å². The minimum Gasteiger partial charge on any atom is -0.303 e. The van der Waals surface area contributed by atoms with Gasteiger partial charge in [-0.1, -0.05) is 163 Å². The predicted molar refractivity (Wildman–Crippen MR) is 158 cm³/mol. The first-order valence-corrected chi connectivity index (χ1v) is 16.3. The standard InChI is InChI=1S/C33H69N/c1-6-7-8-9-14-19-24-29-34(30-25-20-15-10-12-17-22-27-32(2)3)31-26-21-16-11-13-18-23-28-33(4)5/h32-33H,6-31H2,1-5H3. The van der Waals surface area contributed by atoms with Crippen molar-refractivity contribution in [2.45, 2.75) is 182 Å². The van der Waals surface area contributed by atoms with Crippen molar-refractivity contribution in [3.63, 3.8) is 0 Å². The van der Waals surface area contributed by atoms with Gasteiger partial charge in [0.2, 0.25) is 0 Å². The summed E-state index contributed by atoms with van der Waals surface area (Å²) in [7, 11) is 0. The third kappa shape index (κ3) is 28.2. The Hall–Kier alpha value is -0.0400. The topological polar surface area (TPSA) is 3.24 Å². The van der Waals surface area contributed by atoms with Crippen LogP contribution in [0.15, 0.2) is 0 Å². The molecule has 0 radical (unpaired) electrons. The Bertz CT molecular complexity index is 336. The molecule has 0 atom stereocenters. The summed E-state index contributed by atoms with van der Waals surface area (Å²) in [6, 6.07) is 0. The molecule has 206 valence electrons. The molecular formula is C33H69N. The van der Waals surface area contributed by atoms with E-state index >= 15 is 0 Å². The molecule has 1 nitrogen and oxygen atoms in total. The van der Waals surface area contributed by atoms with Crippen LogP contribution < -0.4 is 0 Å². The lowest BCUT2D eigenvalue weighted by Crippen LogP contribution is -2.27. The van der Waals surface area contributed by atoms with Crippen molar-refractivity contribution in [3.8, 4) is 0 Å². The zero-order valence-corrected chi connectivity index (χ0v) is 25.0. The SMILES string of the molecule is CCCCCCCCCN(CCCCCCCCCC(C)C)CCCCCCCCCC(C)C. The number of hydrogen-bond donors (Lipinski definition) is 0. The lowest BCUT2D eigenvalue weighted by molar-refractivity contribution is 0.254. The van der Waals surface area contributed by atoms with E-state index in [2.05, 4.69) is 39.5 Å². The first kappa shape index (κ1) is 34.0. The van der Waals surface area contributed by atoms with Crippen LogP contribution in [0.1, 0.15) is 182 Å². The lowest BCUT2D eigenvalue weighted by atomic mass is 10.0. The van der Waals surface area contributed by atoms with Gasteiger partial charge in [-0.15, -0.1) is 0 Å². The minimum absolute atomic E-state index is 0.886. The van der Waals surface area contributed by atoms with Crippen LogP contribution in [0, 0.1) is 11.8 Å². The molecule has 0 aliphatic heterocycles. The van der Waals surface area contributed by atoms with E-state index < -0.39 is 0 Å². The van der Waals surface area contributed by atoms with Gasteiger partial charge in [0.25, 0.3) is 0 Å². The van der Waals surface area contributed by atoms with E-state index in [4.69, 9.17) is 0 Å². The van der Waals surface area contributed by atoms with Gasteiger partial charge < -0.3 is 4.90 Å². The first-order valence-electron chi connectivity index (χ1n) is 16.3. The Morgan fingerprint density at radius 3 is 0.912 bits per heavy atom. The van der Waals surface area contributed by atoms with Gasteiger partial charge in [-0.25, -0.2) is 0 Å². The molecule has 0 saturated heterocycles. The number of hydrogen-bond acceptors (Lipinski definition) is 1. The summed E-state index contributed by atoms with van der Waals surface area (Å²) >= 11 is 0. The fourth-order valence-electron chi connectivity index (χ4n) is 5.17. The third-order valence-electron chi connectivity index (χ3n) is 7.59. The molecule has 0 aromatic carbocycles. The van der Waals surface area contributed by atoms with Crippen LogP contribution in [0.5, 0.6) is 0 Å². The minimum atomic E-state index is 0.886. The molecule has 0 rings (SSSR count). The number of rotatable bonds is 28. The monoisotopic (exact) mass is 480 g/mol. The molecule has 0 saturated carbocycles. The molecule has 0 unspecified atom stereocenters. The molecular weight excluding hydrogens is 410 g/mol. The van der Waals surface area contributed by atoms with Crippen LogP contribution in [-0.4, -0.2) is 24.5 Å². The van der Waals surface area contributed by atoms with Gasteiger partial charge >= 0.3 is 0 Å². The summed E-state index contributed by atoms with van der Waals surface area (Å²) in [5.41, 5.74) is 0. The fourth-order valence-corrected chi connectivity index (χ4v) is 5.17. The summed E-state index contributed by atoms with van der Waals surface area (Å²) in [5.74, 6) is 1.77. The van der Waals surface area contributed by atoms with Crippen molar-refractivity contribution in [2.75, 3.05) is 19.6 Å². The zero-order chi connectivity index (χ0) is 25.1. The number of nitrogens with zero attached hydrogens (tertiary/aromatic N) is 1. The molecule has 0 fully saturated rings. The lowest BCUT2D eigenvalue weighted by Gasteiger charge is -2.22. The highest BCUT2D eigenvalue weighted by Crippen LogP contribution is 2.15. The largest absolute Gasteiger partial charge is 0.303 e. The van der Waals surface area contributed by atoms with Gasteiger partial charge in [0, 0.05) is 0 Å². The Morgan fingerprint density at radius 1 is 0.353 bits per heavy atom. The Kier molecular flexibility index (Phi) is 27.5. The maximum atomic E-state index is 2.83. The van der Waals surface area contributed by atoms with E-state index in [-0.39, 0.29) is 0 Å². The van der Waals surface area contributed by atoms with E-state index in [1.54, 1.807) is 0 Å². The maximum absolute atomic E-state index is 2.83. The van der Waals surface area contributed by atoms with Crippen molar-refractivity contribution < 1.29 is 0 Å². The van der Waals surface area contributed by atoms with Gasteiger partial charge in [-0.3, -0.25) is 0 Å². The molecule has 0 aromatic rings. The Balaban J connectivity index is 3.86. The smallest absolute Gasteiger partial charge is 0.00187 e. The number of unbranched alkanes of at least 4 members (excludes halogenated alkanes) is 18. The summed E-state index contributed by atoms with van der Waals surface area (Å²) in [4.78, 5) is 2.83. The second kappa shape index (κ2) is 27.5. The van der Waals surface area contributed by atoms with Crippen LogP contribution >= 0.6 is 0 Å². The van der Waals surface area contributed by atoms with Gasteiger partial charge in [-0.2, -0.15) is 0 Å². The molecule has 0 heterocycles. The molecule has 34 heavy (non-hydrogen) atoms. The summed E-state index contributed by atoms with van der Waals surface area (Å²) in [6.45, 7) is 15.8. The van der Waals surface area contributed by atoms with Crippen LogP contribution in [0.4, 0.5) is 0 Å². The van der Waals surface area contributed by atoms with Crippen LogP contribution in [0.2, 0.25) is 0 Å². The quantitative estimate of drug-likeness (QED) is 0.101. The molecule has 1 heteroatoms. The summed E-state index contributed by atoms with van der Waals surface area (Å²) in [5, 5.41) is 0. The molecule has 0 N–H and O–H groups in total. The van der Waals surface area contributed by atoms with E-state index in [0.717, 1.165) is 11.8 Å². The molecule has 0 aliphatic rings. The van der Waals surface area contributed by atoms with Crippen molar-refractivity contribution in [3.05, 3.63) is 0 Å². The van der Waals surface area contributed by atoms with E-state index in [9.17, 15) is 0 Å². The van der Waals surface area contributed by atoms with Crippen molar-refractivity contribution in [2.24, 2.45) is 11.8 Å². The van der Waals surface area contributed by atoms with Crippen LogP contribution in [-0.2, 0) is 0 Å². The molecule has 0 spiro atoms. The predicted octanol–water partition coefficient (Wildman–Crippen LogP) is 11.6. The molecule has 0 amide bonds. The van der Waals surface area contributed by atoms with E-state index in [0.29, 0.717) is 0 Å². The highest BCUT2D eigenvalue weighted by atomic mass is 15.1. The zero-order valence-electron chi connectivity index (χ0n) is 25.0. The van der Waals surface area contributed by atoms with Crippen molar-refractivity contribution in [1.29, 1.82) is 0 Å². The second-order valence-electron chi connectivity index (χ2n) is 12.3. The third-order valence-corrected chi connectivity index (χ3v) is 7.59. The Labute approximate surface area is 218 Å². The van der Waals surface area contributed by atoms with Crippen LogP contribution in [0.25, 0.3) is 0 Å². The molecule has 0 aliphatic carbocycles. The van der Waals surface area contributed by atoms with E-state index in [1.807, 2.05) is 0 Å². The van der Waals surface area contributed by atoms with Crippen LogP contribution in [0.3, 0.4) is 0 Å². The van der Waals surface area contributed by atoms with Gasteiger partial charge in [0.15, 0.2) is 0 Å². The Morgan fingerprint density at radius 2 is 0.618 bits per heavy atom.